The molecule has 0 atom stereocenters. The number of aromatic nitrogens is 2. The molecule has 17 heavy (non-hydrogen) atoms. The highest BCUT2D eigenvalue weighted by molar-refractivity contribution is 6.02. The van der Waals surface area contributed by atoms with Gasteiger partial charge in [0.1, 0.15) is 0 Å². The molecule has 1 heterocycles. The van der Waals surface area contributed by atoms with Gasteiger partial charge < -0.3 is 5.73 Å². The molecule has 0 radical (unpaired) electrons. The summed E-state index contributed by atoms with van der Waals surface area (Å²) in [5, 5.41) is 2.16. The average Bonchev–Trinajstić information content (AvgIpc) is 2.41. The fourth-order valence-corrected chi connectivity index (χ4v) is 1.98. The standard InChI is InChI=1S/C14H11N3/c15-13-6-5-12(14-9-16-7-8-17-14)10-3-1-2-4-11(10)13/h1-9H,15H2. The minimum atomic E-state index is 0.785. The quantitative estimate of drug-likeness (QED) is 0.643. The Hall–Kier alpha value is -2.42. The van der Waals surface area contributed by atoms with E-state index >= 15 is 0 Å². The van der Waals surface area contributed by atoms with Gasteiger partial charge in [-0.2, -0.15) is 0 Å². The normalized spacial score (nSPS) is 10.6. The number of nitrogens with two attached hydrogens (primary N) is 1. The van der Waals surface area contributed by atoms with Gasteiger partial charge in [0.2, 0.25) is 0 Å². The summed E-state index contributed by atoms with van der Waals surface area (Å²) in [5.74, 6) is 0. The molecule has 0 amide bonds. The van der Waals surface area contributed by atoms with E-state index in [4.69, 9.17) is 5.73 Å². The Morgan fingerprint density at radius 1 is 0.882 bits per heavy atom. The van der Waals surface area contributed by atoms with E-state index in [1.54, 1.807) is 18.6 Å². The Labute approximate surface area is 98.9 Å². The van der Waals surface area contributed by atoms with E-state index in [-0.39, 0.29) is 0 Å². The minimum Gasteiger partial charge on any atom is -0.398 e. The molecule has 3 heteroatoms. The van der Waals surface area contributed by atoms with Gasteiger partial charge in [0, 0.05) is 29.0 Å². The molecular weight excluding hydrogens is 210 g/mol. The fraction of sp³-hybridized carbons (Fsp3) is 0. The molecule has 3 rings (SSSR count). The number of hydrogen-bond acceptors (Lipinski definition) is 3. The Morgan fingerprint density at radius 3 is 2.47 bits per heavy atom. The highest BCUT2D eigenvalue weighted by Crippen LogP contribution is 2.30. The fourth-order valence-electron chi connectivity index (χ4n) is 1.98. The van der Waals surface area contributed by atoms with Gasteiger partial charge in [0.25, 0.3) is 0 Å². The lowest BCUT2D eigenvalue weighted by Crippen LogP contribution is -1.90. The van der Waals surface area contributed by atoms with Crippen LogP contribution in [0.1, 0.15) is 0 Å². The van der Waals surface area contributed by atoms with Crippen LogP contribution >= 0.6 is 0 Å². The lowest BCUT2D eigenvalue weighted by Gasteiger charge is -2.07. The molecule has 0 aliphatic carbocycles. The Kier molecular flexibility index (Phi) is 2.22. The van der Waals surface area contributed by atoms with Crippen molar-refractivity contribution in [2.75, 3.05) is 5.73 Å². The molecule has 0 aliphatic rings. The Morgan fingerprint density at radius 2 is 1.71 bits per heavy atom. The number of anilines is 1. The molecule has 1 aromatic heterocycles. The number of nitrogen functional groups attached to an aromatic ring is 1. The van der Waals surface area contributed by atoms with Crippen LogP contribution in [0, 0.1) is 0 Å². The smallest absolute Gasteiger partial charge is 0.0891 e. The van der Waals surface area contributed by atoms with E-state index in [1.807, 2.05) is 30.3 Å². The molecule has 3 nitrogen and oxygen atoms in total. The largest absolute Gasteiger partial charge is 0.398 e. The van der Waals surface area contributed by atoms with Crippen LogP contribution in [0.5, 0.6) is 0 Å². The third-order valence-corrected chi connectivity index (χ3v) is 2.80. The lowest BCUT2D eigenvalue weighted by molar-refractivity contribution is 1.21. The van der Waals surface area contributed by atoms with Crippen LogP contribution in [0.2, 0.25) is 0 Å². The van der Waals surface area contributed by atoms with Gasteiger partial charge in [-0.25, -0.2) is 0 Å². The van der Waals surface area contributed by atoms with E-state index in [0.29, 0.717) is 0 Å². The van der Waals surface area contributed by atoms with Crippen LogP contribution in [-0.4, -0.2) is 9.97 Å². The van der Waals surface area contributed by atoms with Gasteiger partial charge in [-0.1, -0.05) is 30.3 Å². The zero-order chi connectivity index (χ0) is 11.7. The summed E-state index contributed by atoms with van der Waals surface area (Å²) >= 11 is 0. The molecule has 0 fully saturated rings. The van der Waals surface area contributed by atoms with Crippen LogP contribution in [0.4, 0.5) is 5.69 Å². The van der Waals surface area contributed by atoms with Crippen LogP contribution in [0.25, 0.3) is 22.0 Å². The summed E-state index contributed by atoms with van der Waals surface area (Å²) in [5.41, 5.74) is 8.68. The zero-order valence-corrected chi connectivity index (χ0v) is 9.17. The second kappa shape index (κ2) is 3.87. The van der Waals surface area contributed by atoms with Crippen molar-refractivity contribution in [3.63, 3.8) is 0 Å². The minimum absolute atomic E-state index is 0.785. The van der Waals surface area contributed by atoms with Gasteiger partial charge in [-0.05, 0) is 11.5 Å². The predicted octanol–water partition coefficient (Wildman–Crippen LogP) is 2.88. The summed E-state index contributed by atoms with van der Waals surface area (Å²) in [6.45, 7) is 0. The summed E-state index contributed by atoms with van der Waals surface area (Å²) in [4.78, 5) is 8.42. The first-order chi connectivity index (χ1) is 8.36. The monoisotopic (exact) mass is 221 g/mol. The lowest BCUT2D eigenvalue weighted by atomic mass is 10.0. The van der Waals surface area contributed by atoms with Gasteiger partial charge in [0.15, 0.2) is 0 Å². The number of hydrogen-bond donors (Lipinski definition) is 1. The van der Waals surface area contributed by atoms with Gasteiger partial charge in [-0.15, -0.1) is 0 Å². The maximum absolute atomic E-state index is 5.97. The SMILES string of the molecule is Nc1ccc(-c2cnccn2)c2ccccc12. The number of fused-ring (bicyclic) bond motifs is 1. The number of rotatable bonds is 1. The highest BCUT2D eigenvalue weighted by Gasteiger charge is 2.06. The van der Waals surface area contributed by atoms with Crippen molar-refractivity contribution in [2.45, 2.75) is 0 Å². The molecule has 0 saturated heterocycles. The van der Waals surface area contributed by atoms with Crippen LogP contribution in [-0.2, 0) is 0 Å². The predicted molar refractivity (Wildman–Crippen MR) is 69.4 cm³/mol. The topological polar surface area (TPSA) is 51.8 Å². The van der Waals surface area contributed by atoms with E-state index in [0.717, 1.165) is 27.7 Å². The Bertz CT molecular complexity index is 663. The second-order valence-electron chi connectivity index (χ2n) is 3.84. The van der Waals surface area contributed by atoms with Crippen LogP contribution in [0.15, 0.2) is 55.0 Å². The first kappa shape index (κ1) is 9.78. The first-order valence-electron chi connectivity index (χ1n) is 5.40. The van der Waals surface area contributed by atoms with Crippen molar-refractivity contribution in [3.05, 3.63) is 55.0 Å². The maximum Gasteiger partial charge on any atom is 0.0891 e. The van der Waals surface area contributed by atoms with Crippen molar-refractivity contribution >= 4 is 16.5 Å². The number of benzene rings is 2. The molecule has 82 valence electrons. The van der Waals surface area contributed by atoms with Crippen molar-refractivity contribution < 1.29 is 0 Å². The highest BCUT2D eigenvalue weighted by atomic mass is 14.8. The molecule has 3 aromatic rings. The molecule has 0 bridgehead atoms. The van der Waals surface area contributed by atoms with Crippen molar-refractivity contribution in [1.29, 1.82) is 0 Å². The van der Waals surface area contributed by atoms with E-state index in [1.165, 1.54) is 0 Å². The molecule has 0 aliphatic heterocycles. The molecule has 0 saturated carbocycles. The molecular formula is C14H11N3. The third kappa shape index (κ3) is 1.61. The maximum atomic E-state index is 5.97. The Balaban J connectivity index is 2.35. The van der Waals surface area contributed by atoms with Crippen molar-refractivity contribution in [3.8, 4) is 11.3 Å². The second-order valence-corrected chi connectivity index (χ2v) is 3.84. The van der Waals surface area contributed by atoms with Gasteiger partial charge >= 0.3 is 0 Å². The van der Waals surface area contributed by atoms with Crippen LogP contribution in [0.3, 0.4) is 0 Å². The average molecular weight is 221 g/mol. The molecule has 0 unspecified atom stereocenters. The molecule has 2 N–H and O–H groups in total. The van der Waals surface area contributed by atoms with E-state index in [9.17, 15) is 0 Å². The summed E-state index contributed by atoms with van der Waals surface area (Å²) in [7, 11) is 0. The van der Waals surface area contributed by atoms with Crippen molar-refractivity contribution in [1.82, 2.24) is 9.97 Å². The first-order valence-corrected chi connectivity index (χ1v) is 5.40. The van der Waals surface area contributed by atoms with Gasteiger partial charge in [0.05, 0.1) is 11.9 Å². The van der Waals surface area contributed by atoms with Gasteiger partial charge in [-0.3, -0.25) is 9.97 Å². The van der Waals surface area contributed by atoms with Crippen LogP contribution < -0.4 is 5.73 Å². The number of nitrogens with zero attached hydrogens (tertiary/aromatic N) is 2. The summed E-state index contributed by atoms with van der Waals surface area (Å²) in [6.07, 6.45) is 5.13. The summed E-state index contributed by atoms with van der Waals surface area (Å²) in [6, 6.07) is 12.0. The molecule has 2 aromatic carbocycles. The zero-order valence-electron chi connectivity index (χ0n) is 9.17. The molecule has 0 spiro atoms. The van der Waals surface area contributed by atoms with Crippen molar-refractivity contribution in [2.24, 2.45) is 0 Å². The van der Waals surface area contributed by atoms with E-state index < -0.39 is 0 Å². The van der Waals surface area contributed by atoms with E-state index in [2.05, 4.69) is 16.0 Å². The third-order valence-electron chi connectivity index (χ3n) is 2.80. The summed E-state index contributed by atoms with van der Waals surface area (Å²) < 4.78 is 0.